The molecule has 0 spiro atoms. The van der Waals surface area contributed by atoms with Crippen LogP contribution in [-0.2, 0) is 4.79 Å². The van der Waals surface area contributed by atoms with E-state index in [1.54, 1.807) is 12.1 Å². The molecule has 1 aliphatic heterocycles. The van der Waals surface area contributed by atoms with Gasteiger partial charge in [-0.2, -0.15) is 0 Å². The normalized spacial score (nSPS) is 14.8. The number of piperidine rings is 1. The fourth-order valence-corrected chi connectivity index (χ4v) is 2.99. The Morgan fingerprint density at radius 1 is 1.04 bits per heavy atom. The number of rotatable bonds is 3. The molecule has 0 aliphatic carbocycles. The first kappa shape index (κ1) is 17.8. The van der Waals surface area contributed by atoms with Crippen molar-refractivity contribution in [3.8, 4) is 0 Å². The van der Waals surface area contributed by atoms with Crippen molar-refractivity contribution in [2.75, 3.05) is 18.0 Å². The molecule has 8 heteroatoms. The van der Waals surface area contributed by atoms with Gasteiger partial charge in [-0.3, -0.25) is 25.4 Å². The number of hydrogen-bond acceptors (Lipinski definition) is 6. The van der Waals surface area contributed by atoms with Crippen LogP contribution in [0.25, 0.3) is 0 Å². The third-order valence-corrected chi connectivity index (χ3v) is 4.36. The molecular weight excluding hydrogens is 332 g/mol. The van der Waals surface area contributed by atoms with Crippen molar-refractivity contribution in [3.05, 3.63) is 47.5 Å². The van der Waals surface area contributed by atoms with E-state index in [0.29, 0.717) is 37.4 Å². The molecule has 2 amide bonds. The van der Waals surface area contributed by atoms with Gasteiger partial charge in [-0.1, -0.05) is 0 Å². The number of carbonyl (C=O) groups is 2. The Morgan fingerprint density at radius 3 is 2.27 bits per heavy atom. The van der Waals surface area contributed by atoms with Crippen molar-refractivity contribution in [2.45, 2.75) is 26.7 Å². The highest BCUT2D eigenvalue weighted by Gasteiger charge is 2.26. The zero-order valence-electron chi connectivity index (χ0n) is 14.9. The number of pyridine rings is 1. The Bertz CT molecular complexity index is 767. The van der Waals surface area contributed by atoms with Gasteiger partial charge >= 0.3 is 0 Å². The van der Waals surface area contributed by atoms with E-state index in [4.69, 9.17) is 0 Å². The number of aryl methyl sites for hydroxylation is 2. The minimum atomic E-state index is -0.359. The lowest BCUT2D eigenvalue weighted by atomic mass is 9.96. The molecule has 0 saturated carbocycles. The average molecular weight is 354 g/mol. The summed E-state index contributed by atoms with van der Waals surface area (Å²) in [5.41, 5.74) is 7.28. The standard InChI is InChI=1S/C18H22N6O2/c1-12-11-13(2)21-18(20-12)24-9-5-15(6-10-24)17(26)23-22-16(25)14-3-7-19-8-4-14/h3-4,7-8,11,15H,5-6,9-10H2,1-2H3,(H,22,25)(H,23,26). The molecule has 0 aromatic carbocycles. The molecule has 3 rings (SSSR count). The van der Waals surface area contributed by atoms with Crippen molar-refractivity contribution in [1.29, 1.82) is 0 Å². The van der Waals surface area contributed by atoms with E-state index in [1.807, 2.05) is 19.9 Å². The SMILES string of the molecule is Cc1cc(C)nc(N2CCC(C(=O)NNC(=O)c3ccncc3)CC2)n1. The number of amides is 2. The fraction of sp³-hybridized carbons (Fsp3) is 0.389. The summed E-state index contributed by atoms with van der Waals surface area (Å²) in [4.78, 5) is 39.2. The lowest BCUT2D eigenvalue weighted by Gasteiger charge is -2.31. The van der Waals surface area contributed by atoms with E-state index < -0.39 is 0 Å². The quantitative estimate of drug-likeness (QED) is 0.803. The molecule has 0 bridgehead atoms. The second kappa shape index (κ2) is 7.90. The molecule has 136 valence electrons. The average Bonchev–Trinajstić information content (AvgIpc) is 2.66. The van der Waals surface area contributed by atoms with Gasteiger partial charge < -0.3 is 4.90 Å². The third kappa shape index (κ3) is 4.33. The highest BCUT2D eigenvalue weighted by molar-refractivity contribution is 5.95. The van der Waals surface area contributed by atoms with Crippen molar-refractivity contribution in [1.82, 2.24) is 25.8 Å². The number of aromatic nitrogens is 3. The zero-order valence-corrected chi connectivity index (χ0v) is 14.9. The van der Waals surface area contributed by atoms with Crippen molar-refractivity contribution < 1.29 is 9.59 Å². The van der Waals surface area contributed by atoms with Crippen LogP contribution in [0.1, 0.15) is 34.6 Å². The van der Waals surface area contributed by atoms with E-state index in [-0.39, 0.29) is 17.7 Å². The minimum absolute atomic E-state index is 0.144. The highest BCUT2D eigenvalue weighted by atomic mass is 16.2. The summed E-state index contributed by atoms with van der Waals surface area (Å²) in [5, 5.41) is 0. The molecule has 26 heavy (non-hydrogen) atoms. The van der Waals surface area contributed by atoms with E-state index in [0.717, 1.165) is 11.4 Å². The minimum Gasteiger partial charge on any atom is -0.341 e. The van der Waals surface area contributed by atoms with E-state index in [1.165, 1.54) is 12.4 Å². The molecule has 1 aliphatic rings. The lowest BCUT2D eigenvalue weighted by molar-refractivity contribution is -0.126. The van der Waals surface area contributed by atoms with Crippen molar-refractivity contribution >= 4 is 17.8 Å². The molecule has 2 aromatic rings. The summed E-state index contributed by atoms with van der Waals surface area (Å²) in [5.74, 6) is 0.0393. The summed E-state index contributed by atoms with van der Waals surface area (Å²) in [7, 11) is 0. The van der Waals surface area contributed by atoms with E-state index >= 15 is 0 Å². The maximum Gasteiger partial charge on any atom is 0.269 e. The van der Waals surface area contributed by atoms with Crippen LogP contribution in [0.5, 0.6) is 0 Å². The molecule has 0 unspecified atom stereocenters. The summed E-state index contributed by atoms with van der Waals surface area (Å²) < 4.78 is 0. The number of carbonyl (C=O) groups excluding carboxylic acids is 2. The molecule has 2 aromatic heterocycles. The lowest BCUT2D eigenvalue weighted by Crippen LogP contribution is -2.47. The topological polar surface area (TPSA) is 100 Å². The Kier molecular flexibility index (Phi) is 5.40. The van der Waals surface area contributed by atoms with Crippen LogP contribution in [0.4, 0.5) is 5.95 Å². The van der Waals surface area contributed by atoms with Gasteiger partial charge in [-0.25, -0.2) is 9.97 Å². The van der Waals surface area contributed by atoms with Crippen LogP contribution >= 0.6 is 0 Å². The number of hydrazine groups is 1. The van der Waals surface area contributed by atoms with Gasteiger partial charge in [0.15, 0.2) is 0 Å². The maximum atomic E-state index is 12.3. The van der Waals surface area contributed by atoms with Gasteiger partial charge in [0.1, 0.15) is 0 Å². The molecule has 1 fully saturated rings. The summed E-state index contributed by atoms with van der Waals surface area (Å²) in [6.07, 6.45) is 4.43. The smallest absolute Gasteiger partial charge is 0.269 e. The molecule has 0 atom stereocenters. The van der Waals surface area contributed by atoms with Crippen LogP contribution in [0.15, 0.2) is 30.6 Å². The van der Waals surface area contributed by atoms with Gasteiger partial charge in [0, 0.05) is 48.4 Å². The van der Waals surface area contributed by atoms with Crippen LogP contribution in [0.3, 0.4) is 0 Å². The molecule has 2 N–H and O–H groups in total. The van der Waals surface area contributed by atoms with E-state index in [9.17, 15) is 9.59 Å². The summed E-state index contributed by atoms with van der Waals surface area (Å²) >= 11 is 0. The third-order valence-electron chi connectivity index (χ3n) is 4.36. The maximum absolute atomic E-state index is 12.3. The predicted octanol–water partition coefficient (Wildman–Crippen LogP) is 1.17. The monoisotopic (exact) mass is 354 g/mol. The number of nitrogens with zero attached hydrogens (tertiary/aromatic N) is 4. The first-order valence-electron chi connectivity index (χ1n) is 8.60. The van der Waals surface area contributed by atoms with Gasteiger partial charge in [0.05, 0.1) is 0 Å². The first-order chi connectivity index (χ1) is 12.5. The summed E-state index contributed by atoms with van der Waals surface area (Å²) in [6, 6.07) is 5.11. The molecule has 1 saturated heterocycles. The van der Waals surface area contributed by atoms with Crippen molar-refractivity contribution in [2.24, 2.45) is 5.92 Å². The van der Waals surface area contributed by atoms with Crippen LogP contribution in [0, 0.1) is 19.8 Å². The number of hydrogen-bond donors (Lipinski definition) is 2. The molecule has 0 radical (unpaired) electrons. The first-order valence-corrected chi connectivity index (χ1v) is 8.60. The summed E-state index contributed by atoms with van der Waals surface area (Å²) in [6.45, 7) is 5.31. The van der Waals surface area contributed by atoms with Crippen LogP contribution in [-0.4, -0.2) is 39.9 Å². The number of anilines is 1. The Balaban J connectivity index is 1.50. The van der Waals surface area contributed by atoms with Gasteiger partial charge in [0.25, 0.3) is 5.91 Å². The largest absolute Gasteiger partial charge is 0.341 e. The molecule has 8 nitrogen and oxygen atoms in total. The van der Waals surface area contributed by atoms with Gasteiger partial charge in [-0.15, -0.1) is 0 Å². The zero-order chi connectivity index (χ0) is 18.5. The van der Waals surface area contributed by atoms with Crippen LogP contribution < -0.4 is 15.8 Å². The van der Waals surface area contributed by atoms with Gasteiger partial charge in [0.2, 0.25) is 11.9 Å². The fourth-order valence-electron chi connectivity index (χ4n) is 2.99. The highest BCUT2D eigenvalue weighted by Crippen LogP contribution is 2.21. The van der Waals surface area contributed by atoms with Crippen LogP contribution in [0.2, 0.25) is 0 Å². The van der Waals surface area contributed by atoms with E-state index in [2.05, 4.69) is 30.7 Å². The Labute approximate surface area is 152 Å². The Hall–Kier alpha value is -3.03. The van der Waals surface area contributed by atoms with Gasteiger partial charge in [-0.05, 0) is 44.9 Å². The Morgan fingerprint density at radius 2 is 1.65 bits per heavy atom. The molecule has 3 heterocycles. The second-order valence-electron chi connectivity index (χ2n) is 6.39. The predicted molar refractivity (Wildman–Crippen MR) is 96.3 cm³/mol. The second-order valence-corrected chi connectivity index (χ2v) is 6.39. The number of nitrogens with one attached hydrogen (secondary N) is 2. The van der Waals surface area contributed by atoms with Crippen molar-refractivity contribution in [3.63, 3.8) is 0 Å². The molecular formula is C18H22N6O2.